The van der Waals surface area contributed by atoms with Gasteiger partial charge in [-0.25, -0.2) is 0 Å². The molecule has 0 aromatic heterocycles. The molecule has 2 aromatic rings. The zero-order chi connectivity index (χ0) is 21.0. The van der Waals surface area contributed by atoms with E-state index < -0.39 is 11.8 Å². The highest BCUT2D eigenvalue weighted by molar-refractivity contribution is 6.39. The summed E-state index contributed by atoms with van der Waals surface area (Å²) in [5, 5.41) is 3.30. The maximum atomic E-state index is 12.9. The van der Waals surface area contributed by atoms with Crippen molar-refractivity contribution in [1.29, 1.82) is 0 Å². The number of benzene rings is 2. The normalized spacial score (nSPS) is 16.0. The third-order valence-corrected chi connectivity index (χ3v) is 5.43. The Labute approximate surface area is 179 Å². The Morgan fingerprint density at radius 3 is 2.38 bits per heavy atom. The first-order valence-electron chi connectivity index (χ1n) is 9.28. The Hall–Kier alpha value is -2.57. The molecule has 3 amide bonds. The van der Waals surface area contributed by atoms with Gasteiger partial charge in [-0.1, -0.05) is 47.5 Å². The first-order valence-corrected chi connectivity index (χ1v) is 10.0. The van der Waals surface area contributed by atoms with Crippen molar-refractivity contribution in [2.45, 2.75) is 13.3 Å². The highest BCUT2D eigenvalue weighted by Gasteiger charge is 2.37. The second-order valence-corrected chi connectivity index (χ2v) is 7.55. The van der Waals surface area contributed by atoms with Crippen LogP contribution in [0, 0.1) is 5.92 Å². The van der Waals surface area contributed by atoms with Crippen molar-refractivity contribution in [2.75, 3.05) is 29.9 Å². The number of nitrogens with zero attached hydrogens (tertiary/aromatic N) is 2. The molecule has 1 fully saturated rings. The number of para-hydroxylation sites is 2. The fourth-order valence-corrected chi connectivity index (χ4v) is 3.80. The maximum absolute atomic E-state index is 12.9. The lowest BCUT2D eigenvalue weighted by atomic mass is 10.1. The highest BCUT2D eigenvalue weighted by atomic mass is 35.5. The molecule has 152 valence electrons. The largest absolute Gasteiger partial charge is 0.333 e. The average molecular weight is 434 g/mol. The number of nitrogens with one attached hydrogen (secondary N) is 1. The zero-order valence-corrected chi connectivity index (χ0v) is 17.4. The minimum absolute atomic E-state index is 0.0992. The molecule has 1 aliphatic rings. The van der Waals surface area contributed by atoms with Gasteiger partial charge in [0, 0.05) is 25.2 Å². The van der Waals surface area contributed by atoms with Gasteiger partial charge in [0.25, 0.3) is 0 Å². The van der Waals surface area contributed by atoms with E-state index in [1.165, 1.54) is 4.90 Å². The Morgan fingerprint density at radius 2 is 1.76 bits per heavy atom. The maximum Gasteiger partial charge on any atom is 0.244 e. The van der Waals surface area contributed by atoms with Crippen molar-refractivity contribution in [3.8, 4) is 0 Å². The number of anilines is 2. The number of hydrogen-bond donors (Lipinski definition) is 1. The second-order valence-electron chi connectivity index (χ2n) is 6.74. The van der Waals surface area contributed by atoms with E-state index in [1.54, 1.807) is 30.0 Å². The molecule has 2 aromatic carbocycles. The number of hydrogen-bond acceptors (Lipinski definition) is 3. The van der Waals surface area contributed by atoms with E-state index in [0.717, 1.165) is 5.69 Å². The van der Waals surface area contributed by atoms with Crippen LogP contribution in [-0.2, 0) is 14.4 Å². The lowest BCUT2D eigenvalue weighted by Crippen LogP contribution is -2.42. The summed E-state index contributed by atoms with van der Waals surface area (Å²) in [6.45, 7) is 2.29. The monoisotopic (exact) mass is 433 g/mol. The molecule has 0 radical (unpaired) electrons. The molecule has 0 bridgehead atoms. The standard InChI is InChI=1S/C21H21Cl2N3O3/c1-2-25(13-18(27)24-20-16(22)9-6-10-17(20)23)21(29)14-11-19(28)26(12-14)15-7-4-3-5-8-15/h3-10,14H,2,11-13H2,1H3,(H,24,27). The third-order valence-electron chi connectivity index (χ3n) is 4.80. The molecule has 1 saturated heterocycles. The molecule has 1 unspecified atom stereocenters. The topological polar surface area (TPSA) is 69.7 Å². The van der Waals surface area contributed by atoms with Crippen molar-refractivity contribution in [3.05, 3.63) is 58.6 Å². The molecule has 1 aliphatic heterocycles. The van der Waals surface area contributed by atoms with Gasteiger partial charge in [-0.15, -0.1) is 0 Å². The van der Waals surface area contributed by atoms with Crippen molar-refractivity contribution < 1.29 is 14.4 Å². The molecule has 0 saturated carbocycles. The Kier molecular flexibility index (Phi) is 6.77. The Morgan fingerprint density at radius 1 is 1.10 bits per heavy atom. The lowest BCUT2D eigenvalue weighted by molar-refractivity contribution is -0.138. The van der Waals surface area contributed by atoms with Gasteiger partial charge in [-0.05, 0) is 31.2 Å². The summed E-state index contributed by atoms with van der Waals surface area (Å²) in [6, 6.07) is 14.2. The van der Waals surface area contributed by atoms with Gasteiger partial charge in [0.2, 0.25) is 17.7 Å². The van der Waals surface area contributed by atoms with E-state index in [4.69, 9.17) is 23.2 Å². The fraction of sp³-hybridized carbons (Fsp3) is 0.286. The van der Waals surface area contributed by atoms with Crippen LogP contribution in [0.4, 0.5) is 11.4 Å². The third kappa shape index (κ3) is 4.89. The van der Waals surface area contributed by atoms with E-state index >= 15 is 0 Å². The summed E-state index contributed by atoms with van der Waals surface area (Å²) in [6.07, 6.45) is 0.127. The van der Waals surface area contributed by atoms with Crippen LogP contribution in [0.1, 0.15) is 13.3 Å². The molecule has 3 rings (SSSR count). The zero-order valence-electron chi connectivity index (χ0n) is 15.9. The predicted octanol–water partition coefficient (Wildman–Crippen LogP) is 3.83. The molecular formula is C21H21Cl2N3O3. The van der Waals surface area contributed by atoms with E-state index in [0.29, 0.717) is 28.8 Å². The SMILES string of the molecule is CCN(CC(=O)Nc1c(Cl)cccc1Cl)C(=O)C1CC(=O)N(c2ccccc2)C1. The molecule has 0 spiro atoms. The Bertz CT molecular complexity index is 900. The molecule has 6 nitrogen and oxygen atoms in total. The lowest BCUT2D eigenvalue weighted by Gasteiger charge is -2.24. The smallest absolute Gasteiger partial charge is 0.244 e. The van der Waals surface area contributed by atoms with Gasteiger partial charge >= 0.3 is 0 Å². The summed E-state index contributed by atoms with van der Waals surface area (Å²) >= 11 is 12.2. The molecule has 8 heteroatoms. The van der Waals surface area contributed by atoms with Crippen LogP contribution in [0.3, 0.4) is 0 Å². The number of rotatable bonds is 6. The summed E-state index contributed by atoms with van der Waals surface area (Å²) in [4.78, 5) is 40.8. The summed E-state index contributed by atoms with van der Waals surface area (Å²) in [7, 11) is 0. The van der Waals surface area contributed by atoms with Gasteiger partial charge in [0.15, 0.2) is 0 Å². The van der Waals surface area contributed by atoms with Gasteiger partial charge in [0.1, 0.15) is 0 Å². The van der Waals surface area contributed by atoms with Crippen molar-refractivity contribution >= 4 is 52.3 Å². The van der Waals surface area contributed by atoms with Crippen LogP contribution >= 0.6 is 23.2 Å². The molecule has 1 heterocycles. The molecule has 1 N–H and O–H groups in total. The number of halogens is 2. The molecule has 0 aliphatic carbocycles. The van der Waals surface area contributed by atoms with Crippen LogP contribution in [-0.4, -0.2) is 42.3 Å². The Balaban J connectivity index is 1.65. The van der Waals surface area contributed by atoms with Crippen LogP contribution in [0.2, 0.25) is 10.0 Å². The van der Waals surface area contributed by atoms with Gasteiger partial charge in [0.05, 0.1) is 28.2 Å². The van der Waals surface area contributed by atoms with E-state index in [-0.39, 0.29) is 24.8 Å². The van der Waals surface area contributed by atoms with Crippen molar-refractivity contribution in [2.24, 2.45) is 5.92 Å². The number of likely N-dealkylation sites (N-methyl/N-ethyl adjacent to an activating group) is 1. The van der Waals surface area contributed by atoms with Crippen molar-refractivity contribution in [1.82, 2.24) is 4.90 Å². The summed E-state index contributed by atoms with van der Waals surface area (Å²) < 4.78 is 0. The van der Waals surface area contributed by atoms with E-state index in [1.807, 2.05) is 30.3 Å². The minimum atomic E-state index is -0.487. The van der Waals surface area contributed by atoms with Crippen molar-refractivity contribution in [3.63, 3.8) is 0 Å². The van der Waals surface area contributed by atoms with Gasteiger partial charge in [-0.3, -0.25) is 14.4 Å². The molecular weight excluding hydrogens is 413 g/mol. The van der Waals surface area contributed by atoms with Crippen LogP contribution in [0.25, 0.3) is 0 Å². The summed E-state index contributed by atoms with van der Waals surface area (Å²) in [5.74, 6) is -1.21. The quantitative estimate of drug-likeness (QED) is 0.752. The number of carbonyl (C=O) groups is 3. The molecule has 1 atom stereocenters. The summed E-state index contributed by atoms with van der Waals surface area (Å²) in [5.41, 5.74) is 1.08. The number of carbonyl (C=O) groups excluding carboxylic acids is 3. The fourth-order valence-electron chi connectivity index (χ4n) is 3.30. The second kappa shape index (κ2) is 9.29. The first kappa shape index (κ1) is 21.1. The van der Waals surface area contributed by atoms with Gasteiger partial charge < -0.3 is 15.1 Å². The highest BCUT2D eigenvalue weighted by Crippen LogP contribution is 2.30. The average Bonchev–Trinajstić information content (AvgIpc) is 3.11. The van der Waals surface area contributed by atoms with Crippen LogP contribution < -0.4 is 10.2 Å². The van der Waals surface area contributed by atoms with Crippen LogP contribution in [0.15, 0.2) is 48.5 Å². The first-order chi connectivity index (χ1) is 13.9. The van der Waals surface area contributed by atoms with Crippen LogP contribution in [0.5, 0.6) is 0 Å². The predicted molar refractivity (Wildman–Crippen MR) is 114 cm³/mol. The van der Waals surface area contributed by atoms with E-state index in [2.05, 4.69) is 5.32 Å². The molecule has 29 heavy (non-hydrogen) atoms. The minimum Gasteiger partial charge on any atom is -0.333 e. The number of amides is 3. The van der Waals surface area contributed by atoms with Gasteiger partial charge in [-0.2, -0.15) is 0 Å². The van der Waals surface area contributed by atoms with E-state index in [9.17, 15) is 14.4 Å².